The molecule has 0 aromatic carbocycles. The highest BCUT2D eigenvalue weighted by Gasteiger charge is 2.00. The van der Waals surface area contributed by atoms with Crippen LogP contribution in [-0.2, 0) is 6.50 Å². The van der Waals surface area contributed by atoms with Gasteiger partial charge in [-0.2, -0.15) is 9.37 Å². The summed E-state index contributed by atoms with van der Waals surface area (Å²) in [6, 6.07) is 0. The van der Waals surface area contributed by atoms with E-state index in [0.717, 1.165) is 0 Å². The molecule has 0 unspecified atom stereocenters. The lowest BCUT2D eigenvalue weighted by molar-refractivity contribution is 0.477. The van der Waals surface area contributed by atoms with Crippen LogP contribution >= 0.6 is 15.9 Å². The molecule has 1 aromatic heterocycles. The van der Waals surface area contributed by atoms with Crippen LogP contribution in [0, 0.1) is 6.08 Å². The van der Waals surface area contributed by atoms with Crippen LogP contribution in [0.25, 0.3) is 0 Å². The molecule has 0 fully saturated rings. The van der Waals surface area contributed by atoms with Crippen LogP contribution in [0.5, 0.6) is 0 Å². The van der Waals surface area contributed by atoms with Gasteiger partial charge in [0.1, 0.15) is 4.60 Å². The number of imidazole rings is 1. The minimum atomic E-state index is -3.08. The van der Waals surface area contributed by atoms with E-state index in [1.54, 1.807) is 0 Å². The minimum Gasteiger partial charge on any atom is -0.307 e. The third-order valence-electron chi connectivity index (χ3n) is 0.691. The lowest BCUT2D eigenvalue weighted by Crippen LogP contribution is -1.95. The molecule has 0 amide bonds. The second kappa shape index (κ2) is 2.47. The molecule has 1 heterocycles. The predicted octanol–water partition coefficient (Wildman–Crippen LogP) is 1.80. The smallest absolute Gasteiger partial charge is 0.290 e. The number of halogens is 2. The van der Waals surface area contributed by atoms with E-state index in [9.17, 15) is 4.39 Å². The van der Waals surface area contributed by atoms with Gasteiger partial charge in [0, 0.05) is 19.5 Å². The highest BCUT2D eigenvalue weighted by molar-refractivity contribution is 9.10. The van der Waals surface area contributed by atoms with Gasteiger partial charge in [0.25, 0.3) is 6.08 Å². The van der Waals surface area contributed by atoms with E-state index in [1.807, 2.05) is 0 Å². The van der Waals surface area contributed by atoms with Gasteiger partial charge in [0.2, 0.25) is 0 Å². The minimum absolute atomic E-state index is 0.0874. The van der Waals surface area contributed by atoms with Gasteiger partial charge >= 0.3 is 0 Å². The van der Waals surface area contributed by atoms with Gasteiger partial charge in [0.05, 0.1) is 1.37 Å². The molecule has 0 atom stereocenters. The molecule has 0 radical (unpaired) electrons. The Morgan fingerprint density at radius 1 is 2.33 bits per heavy atom. The summed E-state index contributed by atoms with van der Waals surface area (Å²) in [6.45, 7) is -6.09. The Balaban J connectivity index is 3.39. The summed E-state index contributed by atoms with van der Waals surface area (Å²) in [6.07, 6.45) is -2.01. The number of nitrogens with zero attached hydrogens (tertiary/aromatic N) is 2. The number of aromatic nitrogens is 2. The standard InChI is InChI=1S/C5H6BrFN2/c1-2-9-3-4(6)8-5(9)7/h3H,2H2,1H3/i1D3,2D2,3D. The van der Waals surface area contributed by atoms with E-state index in [1.165, 1.54) is 0 Å². The average molecular weight is 199 g/mol. The van der Waals surface area contributed by atoms with Crippen molar-refractivity contribution in [3.63, 3.8) is 0 Å². The molecule has 0 aliphatic carbocycles. The number of hydrogen-bond donors (Lipinski definition) is 0. The molecular formula is C5H6BrFN2. The summed E-state index contributed by atoms with van der Waals surface area (Å²) in [5.74, 6) is 0. The normalized spacial score (nSPS) is 22.9. The zero-order chi connectivity index (χ0) is 12.0. The number of rotatable bonds is 1. The van der Waals surface area contributed by atoms with Crippen LogP contribution in [0.3, 0.4) is 0 Å². The van der Waals surface area contributed by atoms with Crippen LogP contribution in [0.2, 0.25) is 0 Å². The lowest BCUT2D eigenvalue weighted by atomic mass is 10.7. The largest absolute Gasteiger partial charge is 0.307 e. The second-order valence-electron chi connectivity index (χ2n) is 1.23. The van der Waals surface area contributed by atoms with Crippen LogP contribution < -0.4 is 0 Å². The van der Waals surface area contributed by atoms with E-state index < -0.39 is 25.6 Å². The van der Waals surface area contributed by atoms with Crippen LogP contribution in [0.15, 0.2) is 10.8 Å². The van der Waals surface area contributed by atoms with Crippen molar-refractivity contribution in [2.24, 2.45) is 0 Å². The first-order chi connectivity index (χ1) is 6.59. The third-order valence-corrected chi connectivity index (χ3v) is 1.05. The highest BCUT2D eigenvalue weighted by atomic mass is 79.9. The molecule has 0 aliphatic rings. The molecule has 0 saturated heterocycles. The van der Waals surface area contributed by atoms with Gasteiger partial charge in [-0.3, -0.25) is 0 Å². The van der Waals surface area contributed by atoms with E-state index in [4.69, 9.17) is 8.22 Å². The first-order valence-electron chi connectivity index (χ1n) is 5.00. The number of hydrogen-bond acceptors (Lipinski definition) is 1. The van der Waals surface area contributed by atoms with Crippen molar-refractivity contribution in [3.05, 3.63) is 16.9 Å². The fourth-order valence-corrected chi connectivity index (χ4v) is 0.692. The quantitative estimate of drug-likeness (QED) is 0.674. The van der Waals surface area contributed by atoms with Crippen molar-refractivity contribution in [1.29, 1.82) is 0 Å². The zero-order valence-corrected chi connectivity index (χ0v) is 5.74. The fraction of sp³-hybridized carbons (Fsp3) is 0.400. The van der Waals surface area contributed by atoms with Gasteiger partial charge in [-0.25, -0.2) is 0 Å². The van der Waals surface area contributed by atoms with Gasteiger partial charge in [-0.15, -0.1) is 0 Å². The van der Waals surface area contributed by atoms with E-state index >= 15 is 0 Å². The molecule has 50 valence electrons. The summed E-state index contributed by atoms with van der Waals surface area (Å²) in [5, 5.41) is 0. The Hall–Kier alpha value is -0.380. The van der Waals surface area contributed by atoms with Gasteiger partial charge in [-0.1, -0.05) is 0 Å². The summed E-state index contributed by atoms with van der Waals surface area (Å²) >= 11 is 2.72. The van der Waals surface area contributed by atoms with Crippen molar-refractivity contribution in [1.82, 2.24) is 9.55 Å². The Labute approximate surface area is 69.3 Å². The molecule has 0 saturated carbocycles. The van der Waals surface area contributed by atoms with Crippen molar-refractivity contribution in [3.8, 4) is 0 Å². The molecule has 0 N–H and O–H groups in total. The highest BCUT2D eigenvalue weighted by Crippen LogP contribution is 2.07. The maximum absolute atomic E-state index is 13.1. The van der Waals surface area contributed by atoms with Crippen LogP contribution in [0.1, 0.15) is 15.1 Å². The Bertz CT molecular complexity index is 386. The maximum Gasteiger partial charge on any atom is 0.290 e. The monoisotopic (exact) mass is 198 g/mol. The molecule has 4 heteroatoms. The Kier molecular flexibility index (Phi) is 0.643. The topological polar surface area (TPSA) is 17.8 Å². The van der Waals surface area contributed by atoms with Crippen LogP contribution in [-0.4, -0.2) is 9.55 Å². The van der Waals surface area contributed by atoms with Crippen molar-refractivity contribution < 1.29 is 12.6 Å². The van der Waals surface area contributed by atoms with Gasteiger partial charge < -0.3 is 4.57 Å². The van der Waals surface area contributed by atoms with E-state index in [-0.39, 0.29) is 9.17 Å². The van der Waals surface area contributed by atoms with Crippen molar-refractivity contribution in [2.45, 2.75) is 13.3 Å². The molecule has 0 bridgehead atoms. The molecule has 2 nitrogen and oxygen atoms in total. The summed E-state index contributed by atoms with van der Waals surface area (Å²) in [4.78, 5) is 3.13. The summed E-state index contributed by atoms with van der Waals surface area (Å²) < 4.78 is 55.5. The third kappa shape index (κ3) is 1.30. The molecule has 0 spiro atoms. The van der Waals surface area contributed by atoms with Crippen molar-refractivity contribution >= 4 is 15.9 Å². The van der Waals surface area contributed by atoms with E-state index in [2.05, 4.69) is 20.9 Å². The zero-order valence-electron chi connectivity index (χ0n) is 10.2. The maximum atomic E-state index is 13.1. The van der Waals surface area contributed by atoms with Gasteiger partial charge in [0.15, 0.2) is 0 Å². The van der Waals surface area contributed by atoms with E-state index in [0.29, 0.717) is 0 Å². The molecule has 0 aliphatic heterocycles. The second-order valence-corrected chi connectivity index (χ2v) is 1.98. The average Bonchev–Trinajstić information content (AvgIpc) is 2.24. The van der Waals surface area contributed by atoms with Crippen molar-refractivity contribution in [2.75, 3.05) is 0 Å². The first kappa shape index (κ1) is 2.34. The van der Waals surface area contributed by atoms with Crippen LogP contribution in [0.4, 0.5) is 4.39 Å². The lowest BCUT2D eigenvalue weighted by Gasteiger charge is -1.91. The molecule has 1 rings (SSSR count). The summed E-state index contributed by atoms with van der Waals surface area (Å²) in [7, 11) is 0. The predicted molar refractivity (Wildman–Crippen MR) is 35.6 cm³/mol. The fourth-order valence-electron chi connectivity index (χ4n) is 0.368. The molecule has 1 aromatic rings. The SMILES string of the molecule is [2H]c1c(Br)nc(F)n1C([2H])([2H])C([2H])([2H])[2H]. The summed E-state index contributed by atoms with van der Waals surface area (Å²) in [5.41, 5.74) is 0. The first-order valence-corrected chi connectivity index (χ1v) is 2.79. The molecular weight excluding hydrogens is 187 g/mol. The van der Waals surface area contributed by atoms with Gasteiger partial charge in [-0.05, 0) is 22.8 Å². The Morgan fingerprint density at radius 2 is 3.11 bits per heavy atom. The molecule has 9 heavy (non-hydrogen) atoms. The Morgan fingerprint density at radius 3 is 3.56 bits per heavy atom.